The molecular formula is C30H52N4O4. The predicted molar refractivity (Wildman–Crippen MR) is 148 cm³/mol. The Bertz CT molecular complexity index is 797. The van der Waals surface area contributed by atoms with Crippen LogP contribution in [0.3, 0.4) is 0 Å². The van der Waals surface area contributed by atoms with E-state index in [2.05, 4.69) is 22.9 Å². The Kier molecular flexibility index (Phi) is 10.9. The van der Waals surface area contributed by atoms with Gasteiger partial charge in [-0.05, 0) is 76.5 Å². The highest BCUT2D eigenvalue weighted by Gasteiger charge is 2.40. The Hall–Kier alpha value is -1.67. The van der Waals surface area contributed by atoms with Gasteiger partial charge in [-0.25, -0.2) is 0 Å². The smallest absolute Gasteiger partial charge is 0.243 e. The number of likely N-dealkylation sites (N-methyl/N-ethyl adjacent to an activating group) is 1. The van der Waals surface area contributed by atoms with E-state index in [4.69, 9.17) is 4.74 Å². The Morgan fingerprint density at radius 3 is 2.24 bits per heavy atom. The molecule has 1 aliphatic heterocycles. The summed E-state index contributed by atoms with van der Waals surface area (Å²) in [5, 5.41) is 9.68. The number of hydrogen-bond acceptors (Lipinski definition) is 5. The van der Waals surface area contributed by atoms with Crippen LogP contribution in [0.1, 0.15) is 104 Å². The molecule has 38 heavy (non-hydrogen) atoms. The minimum atomic E-state index is -0.650. The second-order valence-electron chi connectivity index (χ2n) is 12.6. The number of hydrogen-bond donors (Lipinski definition) is 3. The Balaban J connectivity index is 1.49. The SMILES string of the molecule is C[C@@H]1CN[C@@H](C2CC2)C(=O)N(C)[C@H](C)C(=O)N[C@H](CC2CCCCC2)C(=O)NCCCC2CCCCC2O1. The number of fused-ring (bicyclic) bond motifs is 1. The Labute approximate surface area is 229 Å². The maximum atomic E-state index is 13.5. The van der Waals surface area contributed by atoms with Crippen LogP contribution in [0.4, 0.5) is 0 Å². The summed E-state index contributed by atoms with van der Waals surface area (Å²) in [6.07, 6.45) is 15.5. The van der Waals surface area contributed by atoms with E-state index in [9.17, 15) is 14.4 Å². The van der Waals surface area contributed by atoms with Crippen molar-refractivity contribution in [1.82, 2.24) is 20.9 Å². The standard InChI is InChI=1S/C30H52N4O4/c1-20-19-32-27(24-15-16-24)30(37)34(3)21(2)28(35)33-25(18-22-10-5-4-6-11-22)29(36)31-17-9-13-23-12-7-8-14-26(23)38-20/h20-27,32H,4-19H2,1-3H3,(H,31,36)(H,33,35)/t20-,21-,23?,25-,26?,27+/m1/s1. The largest absolute Gasteiger partial charge is 0.374 e. The maximum Gasteiger partial charge on any atom is 0.243 e. The van der Waals surface area contributed by atoms with Gasteiger partial charge >= 0.3 is 0 Å². The zero-order valence-corrected chi connectivity index (χ0v) is 24.0. The first kappa shape index (κ1) is 29.3. The highest BCUT2D eigenvalue weighted by Crippen LogP contribution is 2.34. The summed E-state index contributed by atoms with van der Waals surface area (Å²) >= 11 is 0. The topological polar surface area (TPSA) is 99.8 Å². The van der Waals surface area contributed by atoms with Gasteiger partial charge in [0.2, 0.25) is 17.7 Å². The van der Waals surface area contributed by atoms with E-state index in [-0.39, 0.29) is 36.0 Å². The van der Waals surface area contributed by atoms with Crippen LogP contribution in [0.15, 0.2) is 0 Å². The number of ether oxygens (including phenoxy) is 1. The average Bonchev–Trinajstić information content (AvgIpc) is 3.76. The van der Waals surface area contributed by atoms with Crippen molar-refractivity contribution in [1.29, 1.82) is 0 Å². The van der Waals surface area contributed by atoms with Gasteiger partial charge < -0.3 is 25.6 Å². The van der Waals surface area contributed by atoms with E-state index in [0.29, 0.717) is 37.3 Å². The summed E-state index contributed by atoms with van der Waals surface area (Å²) in [6, 6.07) is -1.51. The molecule has 4 aliphatic rings. The molecule has 6 atom stereocenters. The quantitative estimate of drug-likeness (QED) is 0.516. The first-order chi connectivity index (χ1) is 18.3. The molecule has 0 bridgehead atoms. The van der Waals surface area contributed by atoms with Crippen LogP contribution in [0.5, 0.6) is 0 Å². The molecule has 3 aliphatic carbocycles. The predicted octanol–water partition coefficient (Wildman–Crippen LogP) is 3.53. The van der Waals surface area contributed by atoms with Crippen molar-refractivity contribution in [2.45, 2.75) is 134 Å². The molecule has 3 N–H and O–H groups in total. The molecule has 4 rings (SSSR count). The fourth-order valence-electron chi connectivity index (χ4n) is 6.77. The molecule has 0 spiro atoms. The summed E-state index contributed by atoms with van der Waals surface area (Å²) < 4.78 is 6.53. The van der Waals surface area contributed by atoms with Gasteiger partial charge in [-0.15, -0.1) is 0 Å². The van der Waals surface area contributed by atoms with Crippen LogP contribution in [0.25, 0.3) is 0 Å². The van der Waals surface area contributed by atoms with Crippen molar-refractivity contribution >= 4 is 17.7 Å². The van der Waals surface area contributed by atoms with Crippen LogP contribution in [-0.2, 0) is 19.1 Å². The van der Waals surface area contributed by atoms with Gasteiger partial charge in [0, 0.05) is 20.1 Å². The summed E-state index contributed by atoms with van der Waals surface area (Å²) in [7, 11) is 1.71. The van der Waals surface area contributed by atoms with E-state index in [1.165, 1.54) is 38.5 Å². The summed E-state index contributed by atoms with van der Waals surface area (Å²) in [5.74, 6) is 0.881. The molecule has 1 heterocycles. The van der Waals surface area contributed by atoms with Gasteiger partial charge in [0.15, 0.2) is 0 Å². The summed E-state index contributed by atoms with van der Waals surface area (Å²) in [6.45, 7) is 5.11. The average molecular weight is 533 g/mol. The Morgan fingerprint density at radius 1 is 0.816 bits per heavy atom. The summed E-state index contributed by atoms with van der Waals surface area (Å²) in [5.41, 5.74) is 0. The molecule has 0 aromatic heterocycles. The molecule has 2 unspecified atom stereocenters. The minimum absolute atomic E-state index is 0.0137. The number of carbonyl (C=O) groups excluding carboxylic acids is 3. The van der Waals surface area contributed by atoms with Crippen molar-refractivity contribution in [3.8, 4) is 0 Å². The minimum Gasteiger partial charge on any atom is -0.374 e. The van der Waals surface area contributed by atoms with Crippen molar-refractivity contribution in [2.24, 2.45) is 17.8 Å². The van der Waals surface area contributed by atoms with E-state index < -0.39 is 12.1 Å². The summed E-state index contributed by atoms with van der Waals surface area (Å²) in [4.78, 5) is 41.7. The highest BCUT2D eigenvalue weighted by atomic mass is 16.5. The van der Waals surface area contributed by atoms with Crippen LogP contribution in [0, 0.1) is 17.8 Å². The van der Waals surface area contributed by atoms with Gasteiger partial charge in [0.05, 0.1) is 18.2 Å². The van der Waals surface area contributed by atoms with E-state index in [1.54, 1.807) is 18.9 Å². The lowest BCUT2D eigenvalue weighted by atomic mass is 9.83. The molecule has 0 aromatic rings. The normalized spacial score (nSPS) is 36.0. The number of rotatable bonds is 3. The molecule has 3 amide bonds. The first-order valence-corrected chi connectivity index (χ1v) is 15.6. The van der Waals surface area contributed by atoms with Crippen molar-refractivity contribution in [3.05, 3.63) is 0 Å². The highest BCUT2D eigenvalue weighted by molar-refractivity contribution is 5.93. The molecule has 0 radical (unpaired) electrons. The second-order valence-corrected chi connectivity index (χ2v) is 12.6. The Morgan fingerprint density at radius 2 is 1.50 bits per heavy atom. The molecule has 4 fully saturated rings. The van der Waals surface area contributed by atoms with Gasteiger partial charge in [0.25, 0.3) is 0 Å². The maximum absolute atomic E-state index is 13.5. The van der Waals surface area contributed by atoms with Crippen molar-refractivity contribution in [2.75, 3.05) is 20.1 Å². The number of nitrogens with zero attached hydrogens (tertiary/aromatic N) is 1. The molecule has 3 saturated carbocycles. The fourth-order valence-corrected chi connectivity index (χ4v) is 6.77. The third-order valence-corrected chi connectivity index (χ3v) is 9.52. The van der Waals surface area contributed by atoms with E-state index in [1.807, 2.05) is 0 Å². The third-order valence-electron chi connectivity index (χ3n) is 9.52. The van der Waals surface area contributed by atoms with Crippen molar-refractivity contribution < 1.29 is 19.1 Å². The van der Waals surface area contributed by atoms with Gasteiger partial charge in [0.1, 0.15) is 12.1 Å². The van der Waals surface area contributed by atoms with E-state index in [0.717, 1.165) is 44.9 Å². The second kappa shape index (κ2) is 14.1. The number of carbonyl (C=O) groups is 3. The lowest BCUT2D eigenvalue weighted by molar-refractivity contribution is -0.141. The zero-order valence-electron chi connectivity index (χ0n) is 24.0. The van der Waals surface area contributed by atoms with Crippen molar-refractivity contribution in [3.63, 3.8) is 0 Å². The lowest BCUT2D eigenvalue weighted by Crippen LogP contribution is -2.57. The molecular weight excluding hydrogens is 480 g/mol. The van der Waals surface area contributed by atoms with Crippen LogP contribution in [-0.4, -0.2) is 73.1 Å². The monoisotopic (exact) mass is 532 g/mol. The molecule has 8 nitrogen and oxygen atoms in total. The van der Waals surface area contributed by atoms with Crippen LogP contribution < -0.4 is 16.0 Å². The fraction of sp³-hybridized carbons (Fsp3) is 0.900. The first-order valence-electron chi connectivity index (χ1n) is 15.6. The molecule has 0 aromatic carbocycles. The van der Waals surface area contributed by atoms with Gasteiger partial charge in [-0.3, -0.25) is 14.4 Å². The third kappa shape index (κ3) is 8.17. The number of amides is 3. The molecule has 1 saturated heterocycles. The van der Waals surface area contributed by atoms with Gasteiger partial charge in [-0.1, -0.05) is 44.9 Å². The van der Waals surface area contributed by atoms with E-state index >= 15 is 0 Å². The lowest BCUT2D eigenvalue weighted by Gasteiger charge is -2.35. The van der Waals surface area contributed by atoms with Gasteiger partial charge in [-0.2, -0.15) is 0 Å². The van der Waals surface area contributed by atoms with Crippen LogP contribution in [0.2, 0.25) is 0 Å². The zero-order chi connectivity index (χ0) is 27.1. The number of nitrogens with one attached hydrogen (secondary N) is 3. The van der Waals surface area contributed by atoms with Crippen LogP contribution >= 0.6 is 0 Å². The molecule has 216 valence electrons. The molecule has 8 heteroatoms.